The van der Waals surface area contributed by atoms with Crippen LogP contribution in [0, 0.1) is 11.3 Å². The first-order valence-corrected chi connectivity index (χ1v) is 5.81. The highest BCUT2D eigenvalue weighted by Crippen LogP contribution is 2.24. The molecule has 0 atom stereocenters. The van der Waals surface area contributed by atoms with E-state index in [2.05, 4.69) is 21.0 Å². The molecule has 0 saturated carbocycles. The van der Waals surface area contributed by atoms with E-state index in [-0.39, 0.29) is 5.96 Å². The third-order valence-electron chi connectivity index (χ3n) is 2.53. The number of aliphatic imine (C=N–C) groups is 1. The monoisotopic (exact) mass is 254 g/mol. The number of aromatic amines is 1. The molecule has 0 aliphatic heterocycles. The maximum absolute atomic E-state index is 8.65. The van der Waals surface area contributed by atoms with Crippen LogP contribution in [0.3, 0.4) is 0 Å². The van der Waals surface area contributed by atoms with E-state index in [1.165, 1.54) is 0 Å². The number of H-pyrrole nitrogens is 1. The van der Waals surface area contributed by atoms with E-state index < -0.39 is 0 Å². The summed E-state index contributed by atoms with van der Waals surface area (Å²) in [7, 11) is 0. The molecular formula is C13H14N6. The maximum Gasteiger partial charge on any atom is 0.192 e. The molecular weight excluding hydrogens is 240 g/mol. The molecule has 2 rings (SSSR count). The van der Waals surface area contributed by atoms with Gasteiger partial charge in [-0.15, -0.1) is 0 Å². The van der Waals surface area contributed by atoms with Crippen LogP contribution in [0.2, 0.25) is 0 Å². The van der Waals surface area contributed by atoms with Gasteiger partial charge in [0.1, 0.15) is 5.82 Å². The van der Waals surface area contributed by atoms with E-state index in [4.69, 9.17) is 16.7 Å². The number of nitrogens with two attached hydrogens (primary N) is 2. The lowest BCUT2D eigenvalue weighted by Crippen LogP contribution is -2.22. The predicted molar refractivity (Wildman–Crippen MR) is 73.4 cm³/mol. The number of hydrogen-bond donors (Lipinski definition) is 3. The van der Waals surface area contributed by atoms with Gasteiger partial charge in [-0.25, -0.2) is 4.98 Å². The zero-order valence-corrected chi connectivity index (χ0v) is 10.3. The van der Waals surface area contributed by atoms with Crippen LogP contribution in [0.15, 0.2) is 35.3 Å². The van der Waals surface area contributed by atoms with Gasteiger partial charge in [0.15, 0.2) is 11.8 Å². The summed E-state index contributed by atoms with van der Waals surface area (Å²) in [6.45, 7) is 0. The molecule has 0 amide bonds. The van der Waals surface area contributed by atoms with Crippen molar-refractivity contribution >= 4 is 11.8 Å². The summed E-state index contributed by atoms with van der Waals surface area (Å²) in [5, 5.41) is 8.65. The fourth-order valence-corrected chi connectivity index (χ4v) is 1.70. The third-order valence-corrected chi connectivity index (χ3v) is 2.53. The number of hydrogen-bond acceptors (Lipinski definition) is 3. The number of aryl methyl sites for hydroxylation is 1. The molecule has 0 bridgehead atoms. The lowest BCUT2D eigenvalue weighted by Gasteiger charge is -1.95. The smallest absolute Gasteiger partial charge is 0.192 e. The zero-order chi connectivity index (χ0) is 13.7. The molecule has 0 saturated heterocycles. The normalized spacial score (nSPS) is 9.84. The second-order valence-corrected chi connectivity index (χ2v) is 3.95. The molecule has 0 aliphatic carbocycles. The summed E-state index contributed by atoms with van der Waals surface area (Å²) in [6.07, 6.45) is 0.909. The molecule has 0 radical (unpaired) electrons. The van der Waals surface area contributed by atoms with E-state index in [9.17, 15) is 0 Å². The molecule has 96 valence electrons. The van der Waals surface area contributed by atoms with Crippen molar-refractivity contribution in [2.75, 3.05) is 0 Å². The molecule has 5 N–H and O–H groups in total. The standard InChI is InChI=1S/C13H14N6/c14-8-4-7-10-12(19-13(15)16)18-11(17-10)9-5-2-1-3-6-9/h1-3,5-6H,4,7H2,(H,17,18)(H4,15,16,19). The first kappa shape index (κ1) is 12.6. The minimum atomic E-state index is -0.0516. The summed E-state index contributed by atoms with van der Waals surface area (Å²) in [6, 6.07) is 11.7. The van der Waals surface area contributed by atoms with Crippen molar-refractivity contribution in [1.29, 1.82) is 5.26 Å². The highest BCUT2D eigenvalue weighted by molar-refractivity contribution is 5.79. The van der Waals surface area contributed by atoms with Crippen molar-refractivity contribution in [3.63, 3.8) is 0 Å². The lowest BCUT2D eigenvalue weighted by molar-refractivity contribution is 0.967. The number of aromatic nitrogens is 2. The number of benzene rings is 1. The number of rotatable bonds is 4. The summed E-state index contributed by atoms with van der Waals surface area (Å²) in [5.41, 5.74) is 12.5. The number of nitrogens with one attached hydrogen (secondary N) is 1. The minimum absolute atomic E-state index is 0.0516. The van der Waals surface area contributed by atoms with Crippen molar-refractivity contribution in [2.45, 2.75) is 12.8 Å². The van der Waals surface area contributed by atoms with Crippen LogP contribution in [-0.4, -0.2) is 15.9 Å². The minimum Gasteiger partial charge on any atom is -0.370 e. The Morgan fingerprint density at radius 3 is 2.68 bits per heavy atom. The van der Waals surface area contributed by atoms with Crippen molar-refractivity contribution < 1.29 is 0 Å². The summed E-state index contributed by atoms with van der Waals surface area (Å²) in [5.74, 6) is 1.08. The molecule has 1 aromatic carbocycles. The van der Waals surface area contributed by atoms with Crippen LogP contribution in [0.1, 0.15) is 12.1 Å². The number of nitrogens with zero attached hydrogens (tertiary/aromatic N) is 3. The number of guanidine groups is 1. The van der Waals surface area contributed by atoms with E-state index in [0.717, 1.165) is 11.3 Å². The van der Waals surface area contributed by atoms with Crippen molar-refractivity contribution in [3.05, 3.63) is 36.0 Å². The Balaban J connectivity index is 2.40. The van der Waals surface area contributed by atoms with Crippen molar-refractivity contribution in [3.8, 4) is 17.5 Å². The van der Waals surface area contributed by atoms with E-state index in [0.29, 0.717) is 24.5 Å². The largest absolute Gasteiger partial charge is 0.370 e. The molecule has 0 aliphatic rings. The summed E-state index contributed by atoms with van der Waals surface area (Å²) in [4.78, 5) is 11.5. The van der Waals surface area contributed by atoms with Gasteiger partial charge in [-0.1, -0.05) is 30.3 Å². The molecule has 0 fully saturated rings. The molecule has 1 aromatic heterocycles. The van der Waals surface area contributed by atoms with Crippen LogP contribution >= 0.6 is 0 Å². The van der Waals surface area contributed by atoms with Gasteiger partial charge in [-0.2, -0.15) is 10.3 Å². The molecule has 2 aromatic rings. The Hall–Kier alpha value is -2.81. The summed E-state index contributed by atoms with van der Waals surface area (Å²) < 4.78 is 0. The average Bonchev–Trinajstić information content (AvgIpc) is 2.80. The van der Waals surface area contributed by atoms with Crippen LogP contribution in [0.4, 0.5) is 5.82 Å². The van der Waals surface area contributed by atoms with Gasteiger partial charge in [0, 0.05) is 18.4 Å². The molecule has 0 unspecified atom stereocenters. The highest BCUT2D eigenvalue weighted by atomic mass is 15.1. The van der Waals surface area contributed by atoms with Crippen molar-refractivity contribution in [1.82, 2.24) is 9.97 Å². The Morgan fingerprint density at radius 2 is 2.05 bits per heavy atom. The van der Waals surface area contributed by atoms with Crippen LogP contribution in [0.25, 0.3) is 11.4 Å². The van der Waals surface area contributed by atoms with E-state index in [1.54, 1.807) is 0 Å². The highest BCUT2D eigenvalue weighted by Gasteiger charge is 2.10. The topological polar surface area (TPSA) is 117 Å². The molecule has 1 heterocycles. The quantitative estimate of drug-likeness (QED) is 0.565. The third kappa shape index (κ3) is 3.10. The van der Waals surface area contributed by atoms with Gasteiger partial charge in [0.2, 0.25) is 0 Å². The number of imidazole rings is 1. The summed E-state index contributed by atoms with van der Waals surface area (Å²) >= 11 is 0. The lowest BCUT2D eigenvalue weighted by atomic mass is 10.2. The fraction of sp³-hybridized carbons (Fsp3) is 0.154. The second-order valence-electron chi connectivity index (χ2n) is 3.95. The molecule has 6 heteroatoms. The first-order chi connectivity index (χ1) is 9.20. The van der Waals surface area contributed by atoms with Gasteiger partial charge in [-0.05, 0) is 0 Å². The Bertz CT molecular complexity index is 616. The average molecular weight is 254 g/mol. The number of nitriles is 1. The molecule has 0 spiro atoms. The van der Waals surface area contributed by atoms with Gasteiger partial charge < -0.3 is 16.5 Å². The van der Waals surface area contributed by atoms with Gasteiger partial charge in [-0.3, -0.25) is 0 Å². The predicted octanol–water partition coefficient (Wildman–Crippen LogP) is 1.44. The van der Waals surface area contributed by atoms with E-state index in [1.807, 2.05) is 30.3 Å². The van der Waals surface area contributed by atoms with Gasteiger partial charge in [0.25, 0.3) is 0 Å². The van der Waals surface area contributed by atoms with Gasteiger partial charge in [0.05, 0.1) is 11.8 Å². The first-order valence-electron chi connectivity index (χ1n) is 5.81. The second kappa shape index (κ2) is 5.69. The molecule has 6 nitrogen and oxygen atoms in total. The Kier molecular flexibility index (Phi) is 3.78. The van der Waals surface area contributed by atoms with Crippen LogP contribution in [-0.2, 0) is 6.42 Å². The SMILES string of the molecule is N#CCCc1[nH]c(-c2ccccc2)nc1N=C(N)N. The maximum atomic E-state index is 8.65. The van der Waals surface area contributed by atoms with E-state index >= 15 is 0 Å². The van der Waals surface area contributed by atoms with Gasteiger partial charge >= 0.3 is 0 Å². The fourth-order valence-electron chi connectivity index (χ4n) is 1.70. The van der Waals surface area contributed by atoms with Crippen LogP contribution < -0.4 is 11.5 Å². The Labute approximate surface area is 110 Å². The Morgan fingerprint density at radius 1 is 1.32 bits per heavy atom. The van der Waals surface area contributed by atoms with Crippen LogP contribution in [0.5, 0.6) is 0 Å². The molecule has 19 heavy (non-hydrogen) atoms. The van der Waals surface area contributed by atoms with Crippen molar-refractivity contribution in [2.24, 2.45) is 16.5 Å². The zero-order valence-electron chi connectivity index (χ0n) is 10.3.